The van der Waals surface area contributed by atoms with Gasteiger partial charge < -0.3 is 5.32 Å². The van der Waals surface area contributed by atoms with Crippen LogP contribution in [-0.2, 0) is 11.2 Å². The van der Waals surface area contributed by atoms with E-state index in [0.29, 0.717) is 26.1 Å². The number of hydrogen-bond acceptors (Lipinski definition) is 5. The zero-order chi connectivity index (χ0) is 22.7. The van der Waals surface area contributed by atoms with E-state index in [-0.39, 0.29) is 17.2 Å². The SMILES string of the molecule is CCCc1sc2nc(SCC(=O)Nc3ccccc3)n(-c3ccc(Cl)cc3)c(=O)c2c1C. The number of thiophene rings is 1. The standard InChI is InChI=1S/C24H22ClN3O2S2/c1-3-7-19-15(2)21-22(32-19)27-24(28(23(21)30)18-12-10-16(25)11-13-18)31-14-20(29)26-17-8-5-4-6-9-17/h4-6,8-13H,3,7,14H2,1-2H3,(H,26,29). The van der Waals surface area contributed by atoms with Crippen molar-refractivity contribution < 1.29 is 4.79 Å². The van der Waals surface area contributed by atoms with Gasteiger partial charge in [0.15, 0.2) is 5.16 Å². The molecule has 4 aromatic rings. The minimum Gasteiger partial charge on any atom is -0.325 e. The van der Waals surface area contributed by atoms with Gasteiger partial charge in [-0.1, -0.05) is 54.9 Å². The topological polar surface area (TPSA) is 64.0 Å². The van der Waals surface area contributed by atoms with E-state index in [1.54, 1.807) is 40.2 Å². The molecule has 32 heavy (non-hydrogen) atoms. The van der Waals surface area contributed by atoms with E-state index >= 15 is 0 Å². The summed E-state index contributed by atoms with van der Waals surface area (Å²) in [5, 5.41) is 4.59. The number of fused-ring (bicyclic) bond motifs is 1. The number of amides is 1. The lowest BCUT2D eigenvalue weighted by Gasteiger charge is -2.12. The lowest BCUT2D eigenvalue weighted by molar-refractivity contribution is -0.113. The zero-order valence-electron chi connectivity index (χ0n) is 17.7. The van der Waals surface area contributed by atoms with E-state index in [0.717, 1.165) is 24.1 Å². The van der Waals surface area contributed by atoms with Crippen LogP contribution in [0.3, 0.4) is 0 Å². The van der Waals surface area contributed by atoms with Crippen LogP contribution in [0.15, 0.2) is 64.5 Å². The molecule has 0 atom stereocenters. The second kappa shape index (κ2) is 9.90. The normalized spacial score (nSPS) is 11.1. The smallest absolute Gasteiger partial charge is 0.267 e. The maximum Gasteiger partial charge on any atom is 0.267 e. The zero-order valence-corrected chi connectivity index (χ0v) is 20.1. The minimum atomic E-state index is -0.160. The summed E-state index contributed by atoms with van der Waals surface area (Å²) < 4.78 is 1.58. The molecule has 164 valence electrons. The fourth-order valence-electron chi connectivity index (χ4n) is 3.44. The molecular weight excluding hydrogens is 462 g/mol. The summed E-state index contributed by atoms with van der Waals surface area (Å²) in [5.41, 5.74) is 2.27. The highest BCUT2D eigenvalue weighted by molar-refractivity contribution is 7.99. The molecule has 2 aromatic carbocycles. The molecule has 0 unspecified atom stereocenters. The number of hydrogen-bond donors (Lipinski definition) is 1. The maximum absolute atomic E-state index is 13.6. The number of benzene rings is 2. The molecule has 0 aliphatic carbocycles. The maximum atomic E-state index is 13.6. The average molecular weight is 484 g/mol. The first-order chi connectivity index (χ1) is 15.5. The van der Waals surface area contributed by atoms with Crippen molar-refractivity contribution in [3.63, 3.8) is 0 Å². The van der Waals surface area contributed by atoms with Crippen LogP contribution >= 0.6 is 34.7 Å². The molecule has 5 nitrogen and oxygen atoms in total. The number of nitrogens with zero attached hydrogens (tertiary/aromatic N) is 2. The van der Waals surface area contributed by atoms with Crippen LogP contribution in [0.25, 0.3) is 15.9 Å². The Morgan fingerprint density at radius 2 is 1.88 bits per heavy atom. The van der Waals surface area contributed by atoms with Crippen molar-refractivity contribution in [2.24, 2.45) is 0 Å². The van der Waals surface area contributed by atoms with Crippen molar-refractivity contribution in [2.45, 2.75) is 31.8 Å². The van der Waals surface area contributed by atoms with E-state index < -0.39 is 0 Å². The number of aromatic nitrogens is 2. The Bertz CT molecular complexity index is 1320. The molecule has 0 saturated carbocycles. The van der Waals surface area contributed by atoms with Gasteiger partial charge in [-0.2, -0.15) is 0 Å². The van der Waals surface area contributed by atoms with Gasteiger partial charge in [0.25, 0.3) is 5.56 Å². The fraction of sp³-hybridized carbons (Fsp3) is 0.208. The van der Waals surface area contributed by atoms with Crippen molar-refractivity contribution in [1.29, 1.82) is 0 Å². The number of nitrogens with one attached hydrogen (secondary N) is 1. The summed E-state index contributed by atoms with van der Waals surface area (Å²) in [6, 6.07) is 16.4. The summed E-state index contributed by atoms with van der Waals surface area (Å²) in [5.74, 6) is -0.0284. The molecule has 1 amide bonds. The van der Waals surface area contributed by atoms with Gasteiger partial charge in [0.2, 0.25) is 5.91 Å². The van der Waals surface area contributed by atoms with Crippen molar-refractivity contribution in [3.05, 3.63) is 80.4 Å². The van der Waals surface area contributed by atoms with Crippen LogP contribution in [0.4, 0.5) is 5.69 Å². The minimum absolute atomic E-state index is 0.126. The Balaban J connectivity index is 1.74. The van der Waals surface area contributed by atoms with Gasteiger partial charge in [-0.05, 0) is 55.3 Å². The van der Waals surface area contributed by atoms with E-state index in [1.165, 1.54) is 16.6 Å². The summed E-state index contributed by atoms with van der Waals surface area (Å²) in [6.45, 7) is 4.11. The van der Waals surface area contributed by atoms with Crippen LogP contribution in [0, 0.1) is 6.92 Å². The van der Waals surface area contributed by atoms with Crippen LogP contribution in [-0.4, -0.2) is 21.2 Å². The molecule has 8 heteroatoms. The third kappa shape index (κ3) is 4.75. The molecular formula is C24H22ClN3O2S2. The van der Waals surface area contributed by atoms with Gasteiger partial charge in [-0.25, -0.2) is 4.98 Å². The van der Waals surface area contributed by atoms with Gasteiger partial charge in [-0.3, -0.25) is 14.2 Å². The third-order valence-electron chi connectivity index (χ3n) is 4.98. The molecule has 4 rings (SSSR count). The Morgan fingerprint density at radius 3 is 2.56 bits per heavy atom. The number of anilines is 1. The Labute approximate surface area is 199 Å². The molecule has 1 N–H and O–H groups in total. The summed E-state index contributed by atoms with van der Waals surface area (Å²) >= 11 is 8.86. The van der Waals surface area contributed by atoms with E-state index in [9.17, 15) is 9.59 Å². The lowest BCUT2D eigenvalue weighted by atomic mass is 10.1. The number of halogens is 1. The predicted octanol–water partition coefficient (Wildman–Crippen LogP) is 6.09. The molecule has 2 heterocycles. The molecule has 0 bridgehead atoms. The van der Waals surface area contributed by atoms with Crippen LogP contribution in [0.1, 0.15) is 23.8 Å². The van der Waals surface area contributed by atoms with Crippen molar-refractivity contribution in [1.82, 2.24) is 9.55 Å². The number of carbonyl (C=O) groups is 1. The third-order valence-corrected chi connectivity index (χ3v) is 7.42. The highest BCUT2D eigenvalue weighted by Crippen LogP contribution is 2.31. The quantitative estimate of drug-likeness (QED) is 0.255. The summed E-state index contributed by atoms with van der Waals surface area (Å²) in [4.78, 5) is 32.8. The lowest BCUT2D eigenvalue weighted by Crippen LogP contribution is -2.22. The molecule has 0 radical (unpaired) electrons. The number of carbonyl (C=O) groups excluding carboxylic acids is 1. The van der Waals surface area contributed by atoms with E-state index in [1.807, 2.05) is 37.3 Å². The second-order valence-electron chi connectivity index (χ2n) is 7.29. The summed E-state index contributed by atoms with van der Waals surface area (Å²) in [7, 11) is 0. The molecule has 0 spiro atoms. The first-order valence-electron chi connectivity index (χ1n) is 10.3. The van der Waals surface area contributed by atoms with Crippen molar-refractivity contribution >= 4 is 56.5 Å². The van der Waals surface area contributed by atoms with Crippen molar-refractivity contribution in [2.75, 3.05) is 11.1 Å². The number of aryl methyl sites for hydroxylation is 2. The molecule has 0 aliphatic heterocycles. The molecule has 0 fully saturated rings. The Kier molecular flexibility index (Phi) is 6.98. The monoisotopic (exact) mass is 483 g/mol. The van der Waals surface area contributed by atoms with Gasteiger partial charge in [0.05, 0.1) is 16.8 Å². The second-order valence-corrected chi connectivity index (χ2v) is 9.76. The molecule has 2 aromatic heterocycles. The van der Waals surface area contributed by atoms with Crippen LogP contribution in [0.2, 0.25) is 5.02 Å². The van der Waals surface area contributed by atoms with E-state index in [2.05, 4.69) is 12.2 Å². The number of para-hydroxylation sites is 1. The first kappa shape index (κ1) is 22.6. The Morgan fingerprint density at radius 1 is 1.16 bits per heavy atom. The summed E-state index contributed by atoms with van der Waals surface area (Å²) in [6.07, 6.45) is 1.91. The van der Waals surface area contributed by atoms with E-state index in [4.69, 9.17) is 16.6 Å². The highest BCUT2D eigenvalue weighted by Gasteiger charge is 2.19. The van der Waals surface area contributed by atoms with Gasteiger partial charge in [0, 0.05) is 15.6 Å². The largest absolute Gasteiger partial charge is 0.325 e. The number of rotatable bonds is 7. The highest BCUT2D eigenvalue weighted by atomic mass is 35.5. The average Bonchev–Trinajstić information content (AvgIpc) is 3.09. The molecule has 0 aliphatic rings. The van der Waals surface area contributed by atoms with Gasteiger partial charge >= 0.3 is 0 Å². The van der Waals surface area contributed by atoms with Crippen LogP contribution in [0.5, 0.6) is 0 Å². The Hall–Kier alpha value is -2.61. The first-order valence-corrected chi connectivity index (χ1v) is 12.4. The van der Waals surface area contributed by atoms with Crippen LogP contribution < -0.4 is 10.9 Å². The molecule has 0 saturated heterocycles. The van der Waals surface area contributed by atoms with Crippen molar-refractivity contribution in [3.8, 4) is 5.69 Å². The van der Waals surface area contributed by atoms with Gasteiger partial charge in [0.1, 0.15) is 4.83 Å². The predicted molar refractivity (Wildman–Crippen MR) is 135 cm³/mol. The number of thioether (sulfide) groups is 1. The van der Waals surface area contributed by atoms with Gasteiger partial charge in [-0.15, -0.1) is 11.3 Å². The fourth-order valence-corrected chi connectivity index (χ4v) is 5.70.